The number of amides is 1. The molecule has 1 aliphatic rings. The number of aromatic nitrogens is 2. The first kappa shape index (κ1) is 21.7. The molecule has 1 N–H and O–H groups in total. The number of piperidine rings is 1. The second-order valence-electron chi connectivity index (χ2n) is 8.16. The third kappa shape index (κ3) is 5.22. The molecule has 0 spiro atoms. The molecule has 1 unspecified atom stereocenters. The van der Waals surface area contributed by atoms with Crippen LogP contribution in [-0.4, -0.2) is 48.6 Å². The highest BCUT2D eigenvalue weighted by molar-refractivity contribution is 5.83. The number of carbonyl (C=O) groups is 2. The molecule has 1 atom stereocenters. The van der Waals surface area contributed by atoms with Gasteiger partial charge < -0.3 is 15.0 Å². The van der Waals surface area contributed by atoms with Gasteiger partial charge in [-0.25, -0.2) is 9.97 Å². The van der Waals surface area contributed by atoms with Gasteiger partial charge in [0.25, 0.3) is 0 Å². The van der Waals surface area contributed by atoms with E-state index in [0.29, 0.717) is 12.4 Å². The number of hydrogen-bond acceptors (Lipinski definition) is 6. The lowest BCUT2D eigenvalue weighted by Crippen LogP contribution is -2.43. The Labute approximate surface area is 187 Å². The molecule has 2 heterocycles. The van der Waals surface area contributed by atoms with Gasteiger partial charge in [0.1, 0.15) is 0 Å². The average Bonchev–Trinajstić information content (AvgIpc) is 2.86. The molecular weight excluding hydrogens is 404 g/mol. The summed E-state index contributed by atoms with van der Waals surface area (Å²) in [7, 11) is 1.39. The van der Waals surface area contributed by atoms with Gasteiger partial charge in [-0.3, -0.25) is 9.59 Å². The number of fused-ring (bicyclic) bond motifs is 1. The minimum absolute atomic E-state index is 0.00829. The van der Waals surface area contributed by atoms with Crippen molar-refractivity contribution in [3.63, 3.8) is 0 Å². The molecular formula is C25H28N4O3. The summed E-state index contributed by atoms with van der Waals surface area (Å²) in [6, 6.07) is 16.1. The number of nitrogens with zero attached hydrogens (tertiary/aromatic N) is 3. The average molecular weight is 433 g/mol. The summed E-state index contributed by atoms with van der Waals surface area (Å²) in [5.74, 6) is -0.120. The molecule has 1 amide bonds. The van der Waals surface area contributed by atoms with Crippen LogP contribution in [0, 0.1) is 11.8 Å². The predicted octanol–water partition coefficient (Wildman–Crippen LogP) is 2.99. The number of hydrogen-bond donors (Lipinski definition) is 1. The van der Waals surface area contributed by atoms with Crippen molar-refractivity contribution in [3.05, 3.63) is 66.5 Å². The van der Waals surface area contributed by atoms with Crippen LogP contribution in [0.3, 0.4) is 0 Å². The summed E-state index contributed by atoms with van der Waals surface area (Å²) in [4.78, 5) is 35.8. The molecule has 32 heavy (non-hydrogen) atoms. The summed E-state index contributed by atoms with van der Waals surface area (Å²) < 4.78 is 5.00. The first-order chi connectivity index (χ1) is 15.6. The monoisotopic (exact) mass is 432 g/mol. The number of esters is 1. The van der Waals surface area contributed by atoms with Crippen LogP contribution in [-0.2, 0) is 20.7 Å². The van der Waals surface area contributed by atoms with Gasteiger partial charge in [0, 0.05) is 37.9 Å². The molecule has 1 aromatic heterocycles. The van der Waals surface area contributed by atoms with Crippen LogP contribution in [0.2, 0.25) is 0 Å². The highest BCUT2D eigenvalue weighted by Crippen LogP contribution is 2.21. The molecule has 7 nitrogen and oxygen atoms in total. The standard InChI is InChI=1S/C25H28N4O3/c1-32-24(31)22(16-18-7-8-19-5-2-3-6-21(19)15-18)17-28-23(30)20-9-13-29(14-10-20)25-26-11-4-12-27-25/h2-8,11-12,15,20,22H,9-10,13-14,16-17H2,1H3,(H,28,30). The zero-order valence-corrected chi connectivity index (χ0v) is 18.2. The Balaban J connectivity index is 1.33. The van der Waals surface area contributed by atoms with E-state index in [1.807, 2.05) is 18.2 Å². The molecule has 0 bridgehead atoms. The molecule has 2 aromatic carbocycles. The molecule has 1 aliphatic heterocycles. The van der Waals surface area contributed by atoms with E-state index >= 15 is 0 Å². The first-order valence-electron chi connectivity index (χ1n) is 11.0. The van der Waals surface area contributed by atoms with E-state index in [0.717, 1.165) is 42.3 Å². The summed E-state index contributed by atoms with van der Waals surface area (Å²) >= 11 is 0. The SMILES string of the molecule is COC(=O)C(CNC(=O)C1CCN(c2ncccn2)CC1)Cc1ccc2ccccc2c1. The zero-order chi connectivity index (χ0) is 22.3. The number of nitrogens with one attached hydrogen (secondary N) is 1. The van der Waals surface area contributed by atoms with Crippen LogP contribution >= 0.6 is 0 Å². The fourth-order valence-electron chi connectivity index (χ4n) is 4.22. The number of ether oxygens (including phenoxy) is 1. The molecule has 4 rings (SSSR count). The number of rotatable bonds is 7. The number of methoxy groups -OCH3 is 1. The van der Waals surface area contributed by atoms with Crippen molar-refractivity contribution in [1.29, 1.82) is 0 Å². The summed E-state index contributed by atoms with van der Waals surface area (Å²) in [5, 5.41) is 5.28. The smallest absolute Gasteiger partial charge is 0.310 e. The van der Waals surface area contributed by atoms with Crippen molar-refractivity contribution < 1.29 is 14.3 Å². The molecule has 166 valence electrons. The summed E-state index contributed by atoms with van der Waals surface area (Å²) in [5.41, 5.74) is 1.05. The van der Waals surface area contributed by atoms with Crippen molar-refractivity contribution in [2.75, 3.05) is 31.6 Å². The van der Waals surface area contributed by atoms with E-state index in [4.69, 9.17) is 4.74 Å². The Morgan fingerprint density at radius 3 is 2.50 bits per heavy atom. The van der Waals surface area contributed by atoms with E-state index in [1.54, 1.807) is 18.5 Å². The topological polar surface area (TPSA) is 84.4 Å². The summed E-state index contributed by atoms with van der Waals surface area (Å²) in [6.45, 7) is 1.74. The maximum atomic E-state index is 12.8. The molecule has 0 saturated carbocycles. The first-order valence-corrected chi connectivity index (χ1v) is 11.0. The van der Waals surface area contributed by atoms with Crippen LogP contribution in [0.4, 0.5) is 5.95 Å². The van der Waals surface area contributed by atoms with Crippen molar-refractivity contribution in [2.45, 2.75) is 19.3 Å². The minimum Gasteiger partial charge on any atom is -0.469 e. The Kier molecular flexibility index (Phi) is 6.94. The van der Waals surface area contributed by atoms with Crippen molar-refractivity contribution >= 4 is 28.6 Å². The predicted molar refractivity (Wildman–Crippen MR) is 123 cm³/mol. The van der Waals surface area contributed by atoms with Gasteiger partial charge in [0.2, 0.25) is 11.9 Å². The molecule has 7 heteroatoms. The zero-order valence-electron chi connectivity index (χ0n) is 18.2. The molecule has 0 radical (unpaired) electrons. The lowest BCUT2D eigenvalue weighted by molar-refractivity contribution is -0.145. The van der Waals surface area contributed by atoms with E-state index in [1.165, 1.54) is 7.11 Å². The fraction of sp³-hybridized carbons (Fsp3) is 0.360. The molecule has 3 aromatic rings. The minimum atomic E-state index is -0.428. The van der Waals surface area contributed by atoms with Gasteiger partial charge in [-0.15, -0.1) is 0 Å². The molecule has 0 aliphatic carbocycles. The Morgan fingerprint density at radius 2 is 1.78 bits per heavy atom. The van der Waals surface area contributed by atoms with Gasteiger partial charge in [-0.2, -0.15) is 0 Å². The Bertz CT molecular complexity index is 1060. The Hall–Kier alpha value is -3.48. The molecule has 1 fully saturated rings. The quantitative estimate of drug-likeness (QED) is 0.578. The normalized spacial score (nSPS) is 15.3. The second-order valence-corrected chi connectivity index (χ2v) is 8.16. The number of anilines is 1. The van der Waals surface area contributed by atoms with Crippen LogP contribution in [0.5, 0.6) is 0 Å². The Morgan fingerprint density at radius 1 is 1.06 bits per heavy atom. The van der Waals surface area contributed by atoms with Crippen LogP contribution in [0.15, 0.2) is 60.9 Å². The van der Waals surface area contributed by atoms with Crippen LogP contribution in [0.1, 0.15) is 18.4 Å². The second kappa shape index (κ2) is 10.2. The largest absolute Gasteiger partial charge is 0.469 e. The maximum absolute atomic E-state index is 12.8. The third-order valence-corrected chi connectivity index (χ3v) is 6.05. The van der Waals surface area contributed by atoms with E-state index in [2.05, 4.69) is 44.5 Å². The lowest BCUT2D eigenvalue weighted by Gasteiger charge is -2.31. The third-order valence-electron chi connectivity index (χ3n) is 6.05. The van der Waals surface area contributed by atoms with Gasteiger partial charge in [-0.1, -0.05) is 42.5 Å². The van der Waals surface area contributed by atoms with Crippen molar-refractivity contribution in [1.82, 2.24) is 15.3 Å². The fourth-order valence-corrected chi connectivity index (χ4v) is 4.22. The van der Waals surface area contributed by atoms with Crippen LogP contribution < -0.4 is 10.2 Å². The van der Waals surface area contributed by atoms with Gasteiger partial charge in [-0.05, 0) is 41.7 Å². The van der Waals surface area contributed by atoms with Crippen molar-refractivity contribution in [2.24, 2.45) is 11.8 Å². The van der Waals surface area contributed by atoms with E-state index < -0.39 is 5.92 Å². The van der Waals surface area contributed by atoms with Gasteiger partial charge in [0.15, 0.2) is 0 Å². The van der Waals surface area contributed by atoms with Crippen molar-refractivity contribution in [3.8, 4) is 0 Å². The number of carbonyl (C=O) groups excluding carboxylic acids is 2. The maximum Gasteiger partial charge on any atom is 0.310 e. The number of benzene rings is 2. The van der Waals surface area contributed by atoms with Gasteiger partial charge in [0.05, 0.1) is 13.0 Å². The lowest BCUT2D eigenvalue weighted by atomic mass is 9.94. The highest BCUT2D eigenvalue weighted by atomic mass is 16.5. The molecule has 1 saturated heterocycles. The highest BCUT2D eigenvalue weighted by Gasteiger charge is 2.27. The van der Waals surface area contributed by atoms with Crippen LogP contribution in [0.25, 0.3) is 10.8 Å². The van der Waals surface area contributed by atoms with Gasteiger partial charge >= 0.3 is 5.97 Å². The van der Waals surface area contributed by atoms with E-state index in [-0.39, 0.29) is 24.3 Å². The van der Waals surface area contributed by atoms with E-state index in [9.17, 15) is 9.59 Å². The summed E-state index contributed by atoms with van der Waals surface area (Å²) in [6.07, 6.45) is 5.43.